The highest BCUT2D eigenvalue weighted by Gasteiger charge is 2.02. The lowest BCUT2D eigenvalue weighted by Crippen LogP contribution is -1.87. The molecule has 2 aromatic heterocycles. The molecule has 3 aromatic rings. The molecule has 3 rings (SSSR count). The van der Waals surface area contributed by atoms with Gasteiger partial charge in [-0.25, -0.2) is 0 Å². The van der Waals surface area contributed by atoms with E-state index in [1.54, 1.807) is 12.4 Å². The minimum atomic E-state index is 0.758. The van der Waals surface area contributed by atoms with Crippen LogP contribution in [0.25, 0.3) is 22.4 Å². The van der Waals surface area contributed by atoms with E-state index < -0.39 is 0 Å². The zero-order valence-electron chi connectivity index (χ0n) is 10.3. The van der Waals surface area contributed by atoms with Crippen LogP contribution in [0.2, 0.25) is 0 Å². The summed E-state index contributed by atoms with van der Waals surface area (Å²) in [5, 5.41) is 0. The van der Waals surface area contributed by atoms with Crippen molar-refractivity contribution < 1.29 is 0 Å². The molecule has 0 spiro atoms. The lowest BCUT2D eigenvalue weighted by atomic mass is 10.0. The highest BCUT2D eigenvalue weighted by atomic mass is 14.7. The van der Waals surface area contributed by atoms with Crippen molar-refractivity contribution in [3.05, 3.63) is 67.1 Å². The molecule has 0 aliphatic rings. The predicted molar refractivity (Wildman–Crippen MR) is 77.3 cm³/mol. The summed E-state index contributed by atoms with van der Waals surface area (Å²) in [6.45, 7) is 0. The first-order valence-corrected chi connectivity index (χ1v) is 6.05. The summed E-state index contributed by atoms with van der Waals surface area (Å²) in [5.74, 6) is 0. The number of nitrogens with zero attached hydrogens (tertiary/aromatic N) is 2. The van der Waals surface area contributed by atoms with Crippen molar-refractivity contribution in [2.24, 2.45) is 0 Å². The molecule has 3 nitrogen and oxygen atoms in total. The quantitative estimate of drug-likeness (QED) is 0.706. The van der Waals surface area contributed by atoms with E-state index in [0.29, 0.717) is 0 Å². The van der Waals surface area contributed by atoms with E-state index in [9.17, 15) is 0 Å². The molecular formula is C16H13N3. The molecule has 92 valence electrons. The third-order valence-corrected chi connectivity index (χ3v) is 2.98. The Labute approximate surface area is 111 Å². The number of benzene rings is 1. The number of rotatable bonds is 2. The second kappa shape index (κ2) is 4.90. The standard InChI is InChI=1S/C16H13N3/c17-15-3-1-13(2-4-15)16-11-14(7-10-19-16)12-5-8-18-9-6-12/h1-11H,17H2. The molecule has 0 saturated carbocycles. The summed E-state index contributed by atoms with van der Waals surface area (Å²) < 4.78 is 0. The molecule has 0 aliphatic carbocycles. The summed E-state index contributed by atoms with van der Waals surface area (Å²) in [6, 6.07) is 15.8. The molecule has 0 saturated heterocycles. The Morgan fingerprint density at radius 1 is 0.684 bits per heavy atom. The van der Waals surface area contributed by atoms with Crippen molar-refractivity contribution in [3.63, 3.8) is 0 Å². The van der Waals surface area contributed by atoms with Crippen molar-refractivity contribution in [1.82, 2.24) is 9.97 Å². The van der Waals surface area contributed by atoms with Gasteiger partial charge in [0.25, 0.3) is 0 Å². The zero-order chi connectivity index (χ0) is 13.1. The summed E-state index contributed by atoms with van der Waals surface area (Å²) >= 11 is 0. The van der Waals surface area contributed by atoms with Crippen LogP contribution in [0.15, 0.2) is 67.1 Å². The van der Waals surface area contributed by atoms with E-state index in [2.05, 4.69) is 16.0 Å². The van der Waals surface area contributed by atoms with Crippen LogP contribution in [0.1, 0.15) is 0 Å². The fraction of sp³-hybridized carbons (Fsp3) is 0. The van der Waals surface area contributed by atoms with Crippen molar-refractivity contribution in [2.75, 3.05) is 5.73 Å². The maximum Gasteiger partial charge on any atom is 0.0708 e. The first kappa shape index (κ1) is 11.4. The van der Waals surface area contributed by atoms with Gasteiger partial charge in [-0.3, -0.25) is 9.97 Å². The molecule has 0 atom stereocenters. The van der Waals surface area contributed by atoms with E-state index in [0.717, 1.165) is 28.1 Å². The van der Waals surface area contributed by atoms with E-state index >= 15 is 0 Å². The van der Waals surface area contributed by atoms with Crippen LogP contribution in [0.5, 0.6) is 0 Å². The highest BCUT2D eigenvalue weighted by molar-refractivity contribution is 5.70. The van der Waals surface area contributed by atoms with Gasteiger partial charge in [0, 0.05) is 29.8 Å². The van der Waals surface area contributed by atoms with Crippen LogP contribution in [-0.2, 0) is 0 Å². The summed E-state index contributed by atoms with van der Waals surface area (Å²) in [4.78, 5) is 8.44. The van der Waals surface area contributed by atoms with Gasteiger partial charge in [0.05, 0.1) is 5.69 Å². The molecule has 2 N–H and O–H groups in total. The number of pyridine rings is 2. The van der Waals surface area contributed by atoms with Crippen molar-refractivity contribution in [3.8, 4) is 22.4 Å². The number of nitrogen functional groups attached to an aromatic ring is 1. The monoisotopic (exact) mass is 247 g/mol. The van der Waals surface area contributed by atoms with Crippen LogP contribution in [0.4, 0.5) is 5.69 Å². The van der Waals surface area contributed by atoms with Gasteiger partial charge in [-0.15, -0.1) is 0 Å². The molecular weight excluding hydrogens is 234 g/mol. The Hall–Kier alpha value is -2.68. The molecule has 3 heteroatoms. The van der Waals surface area contributed by atoms with Gasteiger partial charge < -0.3 is 5.73 Å². The van der Waals surface area contributed by atoms with Crippen LogP contribution in [-0.4, -0.2) is 9.97 Å². The van der Waals surface area contributed by atoms with Gasteiger partial charge in [-0.1, -0.05) is 12.1 Å². The van der Waals surface area contributed by atoms with Gasteiger partial charge >= 0.3 is 0 Å². The van der Waals surface area contributed by atoms with Crippen molar-refractivity contribution >= 4 is 5.69 Å². The Bertz CT molecular complexity index is 676. The fourth-order valence-electron chi connectivity index (χ4n) is 1.97. The first-order valence-electron chi connectivity index (χ1n) is 6.05. The number of hydrogen-bond acceptors (Lipinski definition) is 3. The summed E-state index contributed by atoms with van der Waals surface area (Å²) in [7, 11) is 0. The van der Waals surface area contributed by atoms with Gasteiger partial charge in [-0.05, 0) is 47.5 Å². The van der Waals surface area contributed by atoms with Crippen LogP contribution >= 0.6 is 0 Å². The van der Waals surface area contributed by atoms with Gasteiger partial charge in [0.15, 0.2) is 0 Å². The Balaban J connectivity index is 2.03. The lowest BCUT2D eigenvalue weighted by molar-refractivity contribution is 1.31. The number of aromatic nitrogens is 2. The second-order valence-electron chi connectivity index (χ2n) is 4.29. The molecule has 0 unspecified atom stereocenters. The molecule has 0 bridgehead atoms. The highest BCUT2D eigenvalue weighted by Crippen LogP contribution is 2.24. The topological polar surface area (TPSA) is 51.8 Å². The fourth-order valence-corrected chi connectivity index (χ4v) is 1.97. The zero-order valence-corrected chi connectivity index (χ0v) is 10.3. The number of nitrogens with two attached hydrogens (primary N) is 1. The normalized spacial score (nSPS) is 10.3. The van der Waals surface area contributed by atoms with Crippen molar-refractivity contribution in [2.45, 2.75) is 0 Å². The Morgan fingerprint density at radius 2 is 1.37 bits per heavy atom. The average Bonchev–Trinajstić information content (AvgIpc) is 2.49. The summed E-state index contributed by atoms with van der Waals surface area (Å²) in [5.41, 5.74) is 10.7. The molecule has 1 aromatic carbocycles. The SMILES string of the molecule is Nc1ccc(-c2cc(-c3ccncc3)ccn2)cc1. The maximum atomic E-state index is 5.70. The summed E-state index contributed by atoms with van der Waals surface area (Å²) in [6.07, 6.45) is 5.40. The van der Waals surface area contributed by atoms with Crippen LogP contribution in [0, 0.1) is 0 Å². The van der Waals surface area contributed by atoms with Gasteiger partial charge in [0.1, 0.15) is 0 Å². The minimum absolute atomic E-state index is 0.758. The predicted octanol–water partition coefficient (Wildman–Crippen LogP) is 3.39. The Kier molecular flexibility index (Phi) is 2.94. The van der Waals surface area contributed by atoms with Gasteiger partial charge in [0.2, 0.25) is 0 Å². The molecule has 0 fully saturated rings. The number of hydrogen-bond donors (Lipinski definition) is 1. The molecule has 0 aliphatic heterocycles. The Morgan fingerprint density at radius 3 is 2.11 bits per heavy atom. The lowest BCUT2D eigenvalue weighted by Gasteiger charge is -2.05. The molecule has 19 heavy (non-hydrogen) atoms. The average molecular weight is 247 g/mol. The van der Waals surface area contributed by atoms with Crippen LogP contribution < -0.4 is 5.73 Å². The van der Waals surface area contributed by atoms with E-state index in [4.69, 9.17) is 5.73 Å². The van der Waals surface area contributed by atoms with Gasteiger partial charge in [-0.2, -0.15) is 0 Å². The smallest absolute Gasteiger partial charge is 0.0708 e. The molecule has 2 heterocycles. The molecule has 0 amide bonds. The third-order valence-electron chi connectivity index (χ3n) is 2.98. The van der Waals surface area contributed by atoms with Crippen molar-refractivity contribution in [1.29, 1.82) is 0 Å². The first-order chi connectivity index (χ1) is 9.33. The third kappa shape index (κ3) is 2.45. The molecule has 0 radical (unpaired) electrons. The van der Waals surface area contributed by atoms with E-state index in [1.165, 1.54) is 0 Å². The maximum absolute atomic E-state index is 5.70. The second-order valence-corrected chi connectivity index (χ2v) is 4.29. The van der Waals surface area contributed by atoms with Crippen LogP contribution in [0.3, 0.4) is 0 Å². The number of anilines is 1. The largest absolute Gasteiger partial charge is 0.399 e. The van der Waals surface area contributed by atoms with E-state index in [1.807, 2.05) is 48.7 Å². The minimum Gasteiger partial charge on any atom is -0.399 e. The van der Waals surface area contributed by atoms with E-state index in [-0.39, 0.29) is 0 Å².